The van der Waals surface area contributed by atoms with Crippen LogP contribution in [0.3, 0.4) is 0 Å². The molecule has 2 fully saturated rings. The number of likely N-dealkylation sites (N-methyl/N-ethyl adjacent to an activating group) is 1. The number of carbonyl (C=O) groups is 1. The lowest BCUT2D eigenvalue weighted by Gasteiger charge is -2.32. The Bertz CT molecular complexity index is 1620. The third kappa shape index (κ3) is 5.30. The van der Waals surface area contributed by atoms with Crippen LogP contribution in [-0.4, -0.2) is 51.0 Å². The summed E-state index contributed by atoms with van der Waals surface area (Å²) in [6.45, 7) is 4.77. The van der Waals surface area contributed by atoms with Crippen molar-refractivity contribution in [2.75, 3.05) is 19.0 Å². The lowest BCUT2D eigenvalue weighted by molar-refractivity contribution is -0.112. The highest BCUT2D eigenvalue weighted by Gasteiger charge is 2.50. The van der Waals surface area contributed by atoms with Gasteiger partial charge in [0.2, 0.25) is 5.91 Å². The molecule has 2 saturated heterocycles. The molecule has 2 aromatic carbocycles. The summed E-state index contributed by atoms with van der Waals surface area (Å²) in [5.74, 6) is 0.983. The van der Waals surface area contributed by atoms with E-state index in [9.17, 15) is 4.79 Å². The highest BCUT2D eigenvalue weighted by molar-refractivity contribution is 6.32. The molecule has 9 nitrogen and oxygen atoms in total. The quantitative estimate of drug-likeness (QED) is 0.240. The van der Waals surface area contributed by atoms with E-state index in [1.807, 2.05) is 30.3 Å². The molecule has 0 atom stereocenters. The standard InChI is InChI=1S/C31H31ClN6O3/c1-19(29(33)39)23-14-24-26(15-28(23)41-17-31-10-8-22(9-11-31)38(31)2)35-18-36-30(24)37-20-6-7-27(25(32)13-20)40-16-21-5-3-4-12-34-21/h3-7,12-15,18,22H,1,8-11,16-17H2,2H3,(H2,33,39)(H,35,36,37). The molecule has 210 valence electrons. The van der Waals surface area contributed by atoms with Gasteiger partial charge in [-0.25, -0.2) is 9.97 Å². The lowest BCUT2D eigenvalue weighted by Crippen LogP contribution is -2.43. The number of amides is 1. The van der Waals surface area contributed by atoms with Crippen molar-refractivity contribution in [3.63, 3.8) is 0 Å². The van der Waals surface area contributed by atoms with Gasteiger partial charge in [0.15, 0.2) is 0 Å². The van der Waals surface area contributed by atoms with Crippen LogP contribution in [0.5, 0.6) is 11.5 Å². The molecule has 3 N–H and O–H groups in total. The van der Waals surface area contributed by atoms with Crippen molar-refractivity contribution < 1.29 is 14.3 Å². The third-order valence-electron chi connectivity index (χ3n) is 8.33. The first-order valence-electron chi connectivity index (χ1n) is 13.6. The average molecular weight is 571 g/mol. The zero-order chi connectivity index (χ0) is 28.6. The highest BCUT2D eigenvalue weighted by Crippen LogP contribution is 2.46. The first kappa shape index (κ1) is 27.0. The molecule has 4 heterocycles. The van der Waals surface area contributed by atoms with Gasteiger partial charge in [-0.2, -0.15) is 0 Å². The van der Waals surface area contributed by atoms with Crippen LogP contribution < -0.4 is 20.5 Å². The summed E-state index contributed by atoms with van der Waals surface area (Å²) in [7, 11) is 2.17. The predicted molar refractivity (Wildman–Crippen MR) is 159 cm³/mol. The predicted octanol–water partition coefficient (Wildman–Crippen LogP) is 5.50. The van der Waals surface area contributed by atoms with Crippen LogP contribution in [0.25, 0.3) is 16.5 Å². The van der Waals surface area contributed by atoms with Gasteiger partial charge in [-0.3, -0.25) is 14.7 Å². The highest BCUT2D eigenvalue weighted by atomic mass is 35.5. The minimum atomic E-state index is -0.620. The molecule has 4 aromatic rings. The van der Waals surface area contributed by atoms with Crippen molar-refractivity contribution in [3.05, 3.63) is 83.9 Å². The number of nitrogens with one attached hydrogen (secondary N) is 1. The molecule has 10 heteroatoms. The molecule has 0 spiro atoms. The summed E-state index contributed by atoms with van der Waals surface area (Å²) >= 11 is 6.53. The van der Waals surface area contributed by atoms with E-state index in [-0.39, 0.29) is 11.1 Å². The third-order valence-corrected chi connectivity index (χ3v) is 8.63. The molecular weight excluding hydrogens is 540 g/mol. The normalized spacial score (nSPS) is 19.8. The van der Waals surface area contributed by atoms with E-state index in [0.717, 1.165) is 18.5 Å². The summed E-state index contributed by atoms with van der Waals surface area (Å²) in [6.07, 6.45) is 7.76. The van der Waals surface area contributed by atoms with Crippen molar-refractivity contribution in [3.8, 4) is 11.5 Å². The van der Waals surface area contributed by atoms with Gasteiger partial charge >= 0.3 is 0 Å². The minimum absolute atomic E-state index is 0.0100. The summed E-state index contributed by atoms with van der Waals surface area (Å²) in [5.41, 5.74) is 8.51. The van der Waals surface area contributed by atoms with E-state index in [2.05, 4.69) is 38.8 Å². The van der Waals surface area contributed by atoms with E-state index in [1.54, 1.807) is 24.4 Å². The fourth-order valence-electron chi connectivity index (χ4n) is 5.86. The minimum Gasteiger partial charge on any atom is -0.491 e. The number of anilines is 2. The molecule has 41 heavy (non-hydrogen) atoms. The second-order valence-electron chi connectivity index (χ2n) is 10.7. The Morgan fingerprint density at radius 1 is 1.12 bits per heavy atom. The molecule has 0 saturated carbocycles. The van der Waals surface area contributed by atoms with Crippen LogP contribution in [0, 0.1) is 0 Å². The Kier molecular flexibility index (Phi) is 7.23. The SMILES string of the molecule is C=C(C(N)=O)c1cc2c(Nc3ccc(OCc4ccccn4)c(Cl)c3)ncnc2cc1OCC12CCC(CC1)N2C. The first-order valence-corrected chi connectivity index (χ1v) is 13.9. The van der Waals surface area contributed by atoms with E-state index in [0.29, 0.717) is 63.7 Å². The Morgan fingerprint density at radius 3 is 2.63 bits per heavy atom. The number of rotatable bonds is 10. The molecule has 0 unspecified atom stereocenters. The maximum atomic E-state index is 12.2. The van der Waals surface area contributed by atoms with E-state index in [1.165, 1.54) is 19.2 Å². The number of pyridine rings is 1. The zero-order valence-electron chi connectivity index (χ0n) is 22.8. The number of nitrogens with zero attached hydrogens (tertiary/aromatic N) is 4. The summed E-state index contributed by atoms with van der Waals surface area (Å²) in [4.78, 5) is 27.8. The van der Waals surface area contributed by atoms with Gasteiger partial charge < -0.3 is 20.5 Å². The number of fused-ring (bicyclic) bond motifs is 3. The number of nitrogens with two attached hydrogens (primary N) is 1. The van der Waals surface area contributed by atoms with Crippen LogP contribution in [0.15, 0.2) is 67.6 Å². The topological polar surface area (TPSA) is 115 Å². The van der Waals surface area contributed by atoms with Crippen molar-refractivity contribution >= 4 is 45.5 Å². The van der Waals surface area contributed by atoms with E-state index in [4.69, 9.17) is 26.8 Å². The Labute approximate surface area is 243 Å². The fourth-order valence-corrected chi connectivity index (χ4v) is 6.10. The Hall–Kier alpha value is -4.21. The smallest absolute Gasteiger partial charge is 0.248 e. The number of ether oxygens (including phenoxy) is 2. The van der Waals surface area contributed by atoms with Crippen molar-refractivity contribution in [1.29, 1.82) is 0 Å². The number of halogens is 1. The summed E-state index contributed by atoms with van der Waals surface area (Å²) in [5, 5.41) is 4.43. The number of benzene rings is 2. The largest absolute Gasteiger partial charge is 0.491 e. The van der Waals surface area contributed by atoms with Gasteiger partial charge in [0.1, 0.15) is 36.9 Å². The van der Waals surface area contributed by atoms with Crippen molar-refractivity contribution in [2.45, 2.75) is 43.9 Å². The molecule has 0 aliphatic carbocycles. The lowest BCUT2D eigenvalue weighted by atomic mass is 9.88. The molecule has 0 radical (unpaired) electrons. The molecule has 2 bridgehead atoms. The van der Waals surface area contributed by atoms with Gasteiger partial charge in [-0.05, 0) is 69.1 Å². The fraction of sp³-hybridized carbons (Fsp3) is 0.290. The molecule has 2 aliphatic heterocycles. The van der Waals surface area contributed by atoms with Gasteiger partial charge in [0.05, 0.1) is 21.8 Å². The molecule has 2 aliphatic rings. The second kappa shape index (κ2) is 11.0. The van der Waals surface area contributed by atoms with E-state index < -0.39 is 5.91 Å². The van der Waals surface area contributed by atoms with Crippen molar-refractivity contribution in [1.82, 2.24) is 19.9 Å². The van der Waals surface area contributed by atoms with Crippen LogP contribution in [0.2, 0.25) is 5.02 Å². The monoisotopic (exact) mass is 570 g/mol. The number of hydrogen-bond acceptors (Lipinski definition) is 8. The molecule has 2 aromatic heterocycles. The molecular formula is C31H31ClN6O3. The number of primary amides is 1. The van der Waals surface area contributed by atoms with E-state index >= 15 is 0 Å². The van der Waals surface area contributed by atoms with Crippen LogP contribution in [-0.2, 0) is 11.4 Å². The summed E-state index contributed by atoms with van der Waals surface area (Å²) in [6, 6.07) is 15.3. The van der Waals surface area contributed by atoms with Crippen LogP contribution in [0.4, 0.5) is 11.5 Å². The molecule has 6 rings (SSSR count). The maximum absolute atomic E-state index is 12.2. The first-order chi connectivity index (χ1) is 19.8. The Balaban J connectivity index is 1.26. The number of carbonyl (C=O) groups excluding carboxylic acids is 1. The van der Waals surface area contributed by atoms with Crippen LogP contribution >= 0.6 is 11.6 Å². The van der Waals surface area contributed by atoms with Crippen LogP contribution in [0.1, 0.15) is 36.9 Å². The number of aromatic nitrogens is 3. The van der Waals surface area contributed by atoms with Gasteiger partial charge in [0.25, 0.3) is 0 Å². The number of hydrogen-bond donors (Lipinski definition) is 2. The van der Waals surface area contributed by atoms with Gasteiger partial charge in [-0.1, -0.05) is 24.2 Å². The summed E-state index contributed by atoms with van der Waals surface area (Å²) < 4.78 is 12.2. The molecule has 1 amide bonds. The van der Waals surface area contributed by atoms with Gasteiger partial charge in [0, 0.05) is 40.5 Å². The zero-order valence-corrected chi connectivity index (χ0v) is 23.5. The van der Waals surface area contributed by atoms with Crippen molar-refractivity contribution in [2.24, 2.45) is 5.73 Å². The second-order valence-corrected chi connectivity index (χ2v) is 11.1. The maximum Gasteiger partial charge on any atom is 0.248 e. The Morgan fingerprint density at radius 2 is 1.95 bits per heavy atom. The van der Waals surface area contributed by atoms with Gasteiger partial charge in [-0.15, -0.1) is 0 Å². The average Bonchev–Trinajstić information content (AvgIpc) is 3.46.